The number of esters is 1. The number of phosphoric acid groups is 1. The van der Waals surface area contributed by atoms with Gasteiger partial charge in [0.25, 0.3) is 0 Å². The minimum absolute atomic E-state index is 0.0819. The molecule has 0 aromatic heterocycles. The Morgan fingerprint density at radius 3 is 1.47 bits per heavy atom. The molecule has 0 aromatic rings. The van der Waals surface area contributed by atoms with Crippen LogP contribution in [-0.2, 0) is 27.9 Å². The number of phosphoric ester groups is 1. The highest BCUT2D eigenvalue weighted by atomic mass is 31.2. The molecule has 13 heteroatoms. The lowest BCUT2D eigenvalue weighted by Gasteiger charge is -2.41. The molecule has 12 nitrogen and oxygen atoms in total. The van der Waals surface area contributed by atoms with Crippen LogP contribution >= 0.6 is 7.82 Å². The molecule has 1 aliphatic carbocycles. The van der Waals surface area contributed by atoms with Gasteiger partial charge in [-0.1, -0.05) is 159 Å². The van der Waals surface area contributed by atoms with E-state index < -0.39 is 63.1 Å². The smallest absolute Gasteiger partial charge is 0.457 e. The molecule has 340 valence electrons. The molecule has 1 rings (SSSR count). The Balaban J connectivity index is 2.34. The fraction of sp³-hybridized carbons (Fsp3) is 0.844. The summed E-state index contributed by atoms with van der Waals surface area (Å²) < 4.78 is 34.1. The molecular formula is C45H83O12P. The van der Waals surface area contributed by atoms with Crippen molar-refractivity contribution in [1.29, 1.82) is 0 Å². The number of aliphatic hydroxyl groups is 5. The Labute approximate surface area is 351 Å². The molecule has 1 fully saturated rings. The van der Waals surface area contributed by atoms with E-state index in [4.69, 9.17) is 18.5 Å². The highest BCUT2D eigenvalue weighted by Crippen LogP contribution is 2.47. The van der Waals surface area contributed by atoms with E-state index in [1.807, 2.05) is 0 Å². The van der Waals surface area contributed by atoms with E-state index in [0.717, 1.165) is 64.2 Å². The second-order valence-corrected chi connectivity index (χ2v) is 17.3. The topological polar surface area (TPSA) is 192 Å². The van der Waals surface area contributed by atoms with Crippen LogP contribution in [0.3, 0.4) is 0 Å². The largest absolute Gasteiger partial charge is 0.472 e. The zero-order chi connectivity index (χ0) is 42.7. The molecule has 6 unspecified atom stereocenters. The number of unbranched alkanes of at least 4 members (excludes halogenated alkanes) is 20. The molecule has 1 aliphatic rings. The van der Waals surface area contributed by atoms with E-state index in [1.54, 1.807) is 0 Å². The first kappa shape index (κ1) is 54.6. The Morgan fingerprint density at radius 1 is 0.552 bits per heavy atom. The number of allylic oxidation sites excluding steroid dienone is 6. The third-order valence-corrected chi connectivity index (χ3v) is 11.5. The number of hydrogen-bond donors (Lipinski definition) is 6. The monoisotopic (exact) mass is 847 g/mol. The standard InChI is InChI=1S/C45H83O12P/c1-3-5-7-9-11-13-14-15-16-17-18-19-20-21-22-23-24-25-27-29-31-33-35-54-36-38(56-39(46)34-32-30-28-26-12-10-8-6-4-2)37-55-58(52,53)57-45-43(50)41(48)40(47)42(49)44(45)51/h14-15,17-18,20-21,38,40-45,47-51H,3-13,16,19,22-37H2,1-2H3,(H,52,53)/b15-14-,18-17-,21-20-. The summed E-state index contributed by atoms with van der Waals surface area (Å²) in [6.07, 6.45) is 29.5. The van der Waals surface area contributed by atoms with Gasteiger partial charge in [0.2, 0.25) is 0 Å². The van der Waals surface area contributed by atoms with Crippen molar-refractivity contribution in [2.75, 3.05) is 19.8 Å². The number of hydrogen-bond acceptors (Lipinski definition) is 11. The first-order valence-corrected chi connectivity index (χ1v) is 24.3. The van der Waals surface area contributed by atoms with Gasteiger partial charge in [0.1, 0.15) is 42.7 Å². The van der Waals surface area contributed by atoms with Crippen molar-refractivity contribution in [1.82, 2.24) is 0 Å². The molecule has 0 heterocycles. The molecule has 0 aromatic carbocycles. The lowest BCUT2D eigenvalue weighted by atomic mass is 9.85. The van der Waals surface area contributed by atoms with Crippen LogP contribution in [0, 0.1) is 0 Å². The summed E-state index contributed by atoms with van der Waals surface area (Å²) in [4.78, 5) is 23.0. The SMILES string of the molecule is CCCCCCC/C=C\C/C=C\C/C=C\CCCCCCCCCOCC(COP(=O)(O)OC1C(O)C(O)C(O)C(O)C1O)OC(=O)CCCCCCCCCCC. The molecular weight excluding hydrogens is 763 g/mol. The summed E-state index contributed by atoms with van der Waals surface area (Å²) in [6, 6.07) is 0. The summed E-state index contributed by atoms with van der Waals surface area (Å²) in [6.45, 7) is 4.19. The van der Waals surface area contributed by atoms with Gasteiger partial charge in [-0.25, -0.2) is 4.57 Å². The first-order chi connectivity index (χ1) is 28.0. The van der Waals surface area contributed by atoms with E-state index in [1.165, 1.54) is 89.9 Å². The van der Waals surface area contributed by atoms with Crippen molar-refractivity contribution in [3.8, 4) is 0 Å². The van der Waals surface area contributed by atoms with E-state index >= 15 is 0 Å². The number of aliphatic hydroxyl groups excluding tert-OH is 5. The normalized spacial score (nSPS) is 23.0. The van der Waals surface area contributed by atoms with Crippen molar-refractivity contribution >= 4 is 13.8 Å². The highest BCUT2D eigenvalue weighted by molar-refractivity contribution is 7.47. The molecule has 0 radical (unpaired) electrons. The van der Waals surface area contributed by atoms with Gasteiger partial charge in [-0.15, -0.1) is 0 Å². The molecule has 6 atom stereocenters. The Kier molecular flexibility index (Phi) is 34.1. The number of carbonyl (C=O) groups is 1. The maximum Gasteiger partial charge on any atom is 0.472 e. The second kappa shape index (κ2) is 36.2. The quantitative estimate of drug-likeness (QED) is 0.0150. The number of carbonyl (C=O) groups excluding carboxylic acids is 1. The van der Waals surface area contributed by atoms with Gasteiger partial charge in [0, 0.05) is 13.0 Å². The van der Waals surface area contributed by atoms with Gasteiger partial charge in [-0.05, 0) is 51.4 Å². The van der Waals surface area contributed by atoms with Crippen molar-refractivity contribution in [3.63, 3.8) is 0 Å². The maximum atomic E-state index is 12.8. The molecule has 6 N–H and O–H groups in total. The summed E-state index contributed by atoms with van der Waals surface area (Å²) in [5, 5.41) is 50.1. The Hall–Kier alpha value is -1.44. The Morgan fingerprint density at radius 2 is 0.966 bits per heavy atom. The van der Waals surface area contributed by atoms with Gasteiger partial charge in [-0.3, -0.25) is 13.8 Å². The molecule has 0 saturated heterocycles. The van der Waals surface area contributed by atoms with Crippen LogP contribution in [0.25, 0.3) is 0 Å². The van der Waals surface area contributed by atoms with E-state index in [2.05, 4.69) is 50.3 Å². The van der Waals surface area contributed by atoms with E-state index in [0.29, 0.717) is 13.0 Å². The van der Waals surface area contributed by atoms with Gasteiger partial charge < -0.3 is 39.9 Å². The maximum absolute atomic E-state index is 12.8. The van der Waals surface area contributed by atoms with Crippen LogP contribution in [0.15, 0.2) is 36.5 Å². The lowest BCUT2D eigenvalue weighted by molar-refractivity contribution is -0.220. The number of rotatable bonds is 38. The number of ether oxygens (including phenoxy) is 2. The van der Waals surface area contributed by atoms with E-state index in [9.17, 15) is 39.8 Å². The molecule has 0 amide bonds. The summed E-state index contributed by atoms with van der Waals surface area (Å²) in [5.74, 6) is -0.485. The zero-order valence-electron chi connectivity index (χ0n) is 36.1. The molecule has 0 spiro atoms. The predicted octanol–water partition coefficient (Wildman–Crippen LogP) is 9.09. The second-order valence-electron chi connectivity index (χ2n) is 15.9. The van der Waals surface area contributed by atoms with Crippen LogP contribution in [0.1, 0.15) is 181 Å². The zero-order valence-corrected chi connectivity index (χ0v) is 37.0. The van der Waals surface area contributed by atoms with Gasteiger partial charge in [0.05, 0.1) is 13.2 Å². The molecule has 58 heavy (non-hydrogen) atoms. The lowest BCUT2D eigenvalue weighted by Crippen LogP contribution is -2.64. The van der Waals surface area contributed by atoms with Gasteiger partial charge in [0.15, 0.2) is 0 Å². The minimum Gasteiger partial charge on any atom is -0.457 e. The highest BCUT2D eigenvalue weighted by Gasteiger charge is 2.51. The average Bonchev–Trinajstić information content (AvgIpc) is 3.21. The molecule has 1 saturated carbocycles. The summed E-state index contributed by atoms with van der Waals surface area (Å²) in [7, 11) is -5.01. The fourth-order valence-electron chi connectivity index (χ4n) is 6.83. The van der Waals surface area contributed by atoms with Crippen molar-refractivity contribution in [2.24, 2.45) is 0 Å². The minimum atomic E-state index is -5.01. The van der Waals surface area contributed by atoms with E-state index in [-0.39, 0.29) is 13.0 Å². The Bertz CT molecular complexity index is 1100. The van der Waals surface area contributed by atoms with Crippen molar-refractivity contribution < 1.29 is 58.3 Å². The third-order valence-electron chi connectivity index (χ3n) is 10.5. The summed E-state index contributed by atoms with van der Waals surface area (Å²) >= 11 is 0. The molecule has 0 bridgehead atoms. The van der Waals surface area contributed by atoms with Gasteiger partial charge >= 0.3 is 13.8 Å². The summed E-state index contributed by atoms with van der Waals surface area (Å²) in [5.41, 5.74) is 0. The van der Waals surface area contributed by atoms with Crippen molar-refractivity contribution in [3.05, 3.63) is 36.5 Å². The molecule has 0 aliphatic heterocycles. The third kappa shape index (κ3) is 28.2. The average molecular weight is 847 g/mol. The van der Waals surface area contributed by atoms with Crippen LogP contribution in [0.2, 0.25) is 0 Å². The van der Waals surface area contributed by atoms with Crippen molar-refractivity contribution in [2.45, 2.75) is 224 Å². The first-order valence-electron chi connectivity index (χ1n) is 22.8. The van der Waals surface area contributed by atoms with Crippen LogP contribution in [0.4, 0.5) is 0 Å². The van der Waals surface area contributed by atoms with Crippen LogP contribution in [-0.4, -0.2) is 98.9 Å². The van der Waals surface area contributed by atoms with Crippen LogP contribution in [0.5, 0.6) is 0 Å². The van der Waals surface area contributed by atoms with Gasteiger partial charge in [-0.2, -0.15) is 0 Å². The predicted molar refractivity (Wildman–Crippen MR) is 230 cm³/mol. The van der Waals surface area contributed by atoms with Crippen LogP contribution < -0.4 is 0 Å². The fourth-order valence-corrected chi connectivity index (χ4v) is 7.81.